The Hall–Kier alpha value is -3.65. The number of nitrogens with zero attached hydrogens (tertiary/aromatic N) is 2. The van der Waals surface area contributed by atoms with Gasteiger partial charge in [-0.2, -0.15) is 0 Å². The van der Waals surface area contributed by atoms with Gasteiger partial charge in [0, 0.05) is 29.9 Å². The van der Waals surface area contributed by atoms with Gasteiger partial charge in [0.05, 0.1) is 24.3 Å². The fourth-order valence-corrected chi connectivity index (χ4v) is 2.97. The number of phenolic OH excluding ortho intramolecular Hbond substituents is 1. The fraction of sp³-hybridized carbons (Fsp3) is 0.190. The number of furan rings is 1. The molecule has 150 valence electrons. The molecule has 0 spiro atoms. The highest BCUT2D eigenvalue weighted by molar-refractivity contribution is 5.93. The molecule has 3 rings (SSSR count). The summed E-state index contributed by atoms with van der Waals surface area (Å²) in [6.45, 7) is 2.48. The fourth-order valence-electron chi connectivity index (χ4n) is 2.97. The van der Waals surface area contributed by atoms with Crippen molar-refractivity contribution in [3.8, 4) is 5.75 Å². The molecule has 29 heavy (non-hydrogen) atoms. The number of carbonyl (C=O) groups is 1. The first-order valence-electron chi connectivity index (χ1n) is 8.99. The Balaban J connectivity index is 1.72. The zero-order chi connectivity index (χ0) is 20.8. The first-order valence-corrected chi connectivity index (χ1v) is 8.99. The van der Waals surface area contributed by atoms with Crippen LogP contribution in [0.5, 0.6) is 5.75 Å². The number of aromatic hydroxyl groups is 1. The lowest BCUT2D eigenvalue weighted by molar-refractivity contribution is -0.384. The van der Waals surface area contributed by atoms with Crippen LogP contribution in [-0.2, 0) is 17.9 Å². The molecule has 0 saturated heterocycles. The molecule has 2 aromatic carbocycles. The topological polar surface area (TPSA) is 109 Å². The van der Waals surface area contributed by atoms with Crippen LogP contribution in [0, 0.1) is 17.0 Å². The molecular weight excluding hydrogens is 374 g/mol. The minimum Gasteiger partial charge on any atom is -0.508 e. The van der Waals surface area contributed by atoms with Crippen molar-refractivity contribution in [1.82, 2.24) is 4.90 Å². The number of nitrogens with one attached hydrogen (secondary N) is 1. The van der Waals surface area contributed by atoms with Crippen LogP contribution in [0.3, 0.4) is 0 Å². The number of nitro benzene ring substituents is 1. The molecule has 0 radical (unpaired) electrons. The lowest BCUT2D eigenvalue weighted by atomic mass is 10.1. The Morgan fingerprint density at radius 2 is 1.97 bits per heavy atom. The Kier molecular flexibility index (Phi) is 6.25. The number of carbonyl (C=O) groups excluding carboxylic acids is 1. The van der Waals surface area contributed by atoms with E-state index in [0.717, 1.165) is 0 Å². The minimum atomic E-state index is -0.476. The van der Waals surface area contributed by atoms with Gasteiger partial charge in [-0.25, -0.2) is 0 Å². The molecule has 0 atom stereocenters. The molecule has 0 aliphatic rings. The molecule has 0 fully saturated rings. The van der Waals surface area contributed by atoms with Crippen molar-refractivity contribution >= 4 is 17.3 Å². The highest BCUT2D eigenvalue weighted by Crippen LogP contribution is 2.22. The molecule has 0 aliphatic heterocycles. The average molecular weight is 395 g/mol. The van der Waals surface area contributed by atoms with Crippen molar-refractivity contribution in [1.29, 1.82) is 0 Å². The van der Waals surface area contributed by atoms with E-state index in [9.17, 15) is 20.0 Å². The summed E-state index contributed by atoms with van der Waals surface area (Å²) >= 11 is 0. The van der Waals surface area contributed by atoms with E-state index in [1.54, 1.807) is 37.5 Å². The van der Waals surface area contributed by atoms with Crippen LogP contribution in [-0.4, -0.2) is 27.4 Å². The van der Waals surface area contributed by atoms with Crippen molar-refractivity contribution in [3.63, 3.8) is 0 Å². The van der Waals surface area contributed by atoms with Gasteiger partial charge in [0.25, 0.3) is 5.69 Å². The summed E-state index contributed by atoms with van der Waals surface area (Å²) in [5.41, 5.74) is 1.78. The van der Waals surface area contributed by atoms with Crippen LogP contribution < -0.4 is 5.32 Å². The van der Waals surface area contributed by atoms with Gasteiger partial charge >= 0.3 is 0 Å². The van der Waals surface area contributed by atoms with Crippen LogP contribution >= 0.6 is 0 Å². The van der Waals surface area contributed by atoms with E-state index in [-0.39, 0.29) is 23.9 Å². The third-order valence-electron chi connectivity index (χ3n) is 4.41. The van der Waals surface area contributed by atoms with E-state index < -0.39 is 4.92 Å². The van der Waals surface area contributed by atoms with E-state index >= 15 is 0 Å². The Bertz CT molecular complexity index is 1000. The number of amides is 1. The average Bonchev–Trinajstić information content (AvgIpc) is 3.18. The van der Waals surface area contributed by atoms with Crippen LogP contribution in [0.1, 0.15) is 16.9 Å². The summed E-state index contributed by atoms with van der Waals surface area (Å²) < 4.78 is 5.39. The minimum absolute atomic E-state index is 0.0282. The maximum Gasteiger partial charge on any atom is 0.269 e. The number of non-ortho nitro benzene ring substituents is 1. The number of phenols is 1. The lowest BCUT2D eigenvalue weighted by Crippen LogP contribution is -2.32. The number of aryl methyl sites for hydroxylation is 1. The van der Waals surface area contributed by atoms with E-state index in [0.29, 0.717) is 35.7 Å². The molecule has 1 heterocycles. The number of nitro groups is 1. The summed E-state index contributed by atoms with van der Waals surface area (Å²) in [7, 11) is 0. The molecule has 1 amide bonds. The molecule has 2 N–H and O–H groups in total. The van der Waals surface area contributed by atoms with Gasteiger partial charge in [0.2, 0.25) is 5.91 Å². The number of hydrogen-bond donors (Lipinski definition) is 2. The second-order valence-corrected chi connectivity index (χ2v) is 6.66. The molecule has 3 aromatic rings. The largest absolute Gasteiger partial charge is 0.508 e. The van der Waals surface area contributed by atoms with Crippen molar-refractivity contribution in [2.75, 3.05) is 11.9 Å². The van der Waals surface area contributed by atoms with Gasteiger partial charge in [0.1, 0.15) is 11.5 Å². The van der Waals surface area contributed by atoms with E-state index in [2.05, 4.69) is 5.32 Å². The monoisotopic (exact) mass is 395 g/mol. The molecule has 8 nitrogen and oxygen atoms in total. The van der Waals surface area contributed by atoms with Gasteiger partial charge in [-0.1, -0.05) is 18.2 Å². The summed E-state index contributed by atoms with van der Waals surface area (Å²) in [6, 6.07) is 14.8. The number of para-hydroxylation sites is 1. The molecule has 0 unspecified atom stereocenters. The Morgan fingerprint density at radius 1 is 1.17 bits per heavy atom. The van der Waals surface area contributed by atoms with E-state index in [1.165, 1.54) is 18.2 Å². The molecule has 0 aliphatic carbocycles. The molecule has 8 heteroatoms. The van der Waals surface area contributed by atoms with Gasteiger partial charge < -0.3 is 14.8 Å². The van der Waals surface area contributed by atoms with Crippen molar-refractivity contribution < 1.29 is 19.2 Å². The lowest BCUT2D eigenvalue weighted by Gasteiger charge is -2.21. The summed E-state index contributed by atoms with van der Waals surface area (Å²) in [4.78, 5) is 24.8. The second-order valence-electron chi connectivity index (χ2n) is 6.66. The standard InChI is InChI=1S/C21H21N3O5/c1-15-11-17(24(27)28)8-9-19(15)22-21(26)14-23(13-18-6-4-10-29-18)12-16-5-2-3-7-20(16)25/h2-11,25H,12-14H2,1H3,(H,22,26). The Labute approximate surface area is 167 Å². The summed E-state index contributed by atoms with van der Waals surface area (Å²) in [5, 5.41) is 23.7. The van der Waals surface area contributed by atoms with E-state index in [1.807, 2.05) is 17.0 Å². The van der Waals surface area contributed by atoms with Crippen LogP contribution in [0.4, 0.5) is 11.4 Å². The zero-order valence-corrected chi connectivity index (χ0v) is 15.9. The van der Waals surface area contributed by atoms with Crippen LogP contribution in [0.2, 0.25) is 0 Å². The van der Waals surface area contributed by atoms with Crippen molar-refractivity contribution in [2.45, 2.75) is 20.0 Å². The zero-order valence-electron chi connectivity index (χ0n) is 15.9. The van der Waals surface area contributed by atoms with Gasteiger partial charge in [-0.15, -0.1) is 0 Å². The quantitative estimate of drug-likeness (QED) is 0.443. The third kappa shape index (κ3) is 5.43. The number of rotatable bonds is 8. The molecular formula is C21H21N3O5. The smallest absolute Gasteiger partial charge is 0.269 e. The number of anilines is 1. The van der Waals surface area contributed by atoms with Gasteiger partial charge in [-0.05, 0) is 36.8 Å². The van der Waals surface area contributed by atoms with Crippen molar-refractivity contribution in [2.24, 2.45) is 0 Å². The highest BCUT2D eigenvalue weighted by Gasteiger charge is 2.16. The molecule has 0 bridgehead atoms. The van der Waals surface area contributed by atoms with Crippen LogP contribution in [0.25, 0.3) is 0 Å². The Morgan fingerprint density at radius 3 is 2.62 bits per heavy atom. The first-order chi connectivity index (χ1) is 13.9. The first kappa shape index (κ1) is 20.1. The predicted molar refractivity (Wildman–Crippen MR) is 107 cm³/mol. The number of hydrogen-bond acceptors (Lipinski definition) is 6. The van der Waals surface area contributed by atoms with E-state index in [4.69, 9.17) is 4.42 Å². The molecule has 1 aromatic heterocycles. The normalized spacial score (nSPS) is 10.8. The predicted octanol–water partition coefficient (Wildman–Crippen LogP) is 3.84. The highest BCUT2D eigenvalue weighted by atomic mass is 16.6. The second kappa shape index (κ2) is 9.03. The van der Waals surface area contributed by atoms with Gasteiger partial charge in [-0.3, -0.25) is 19.8 Å². The number of benzene rings is 2. The third-order valence-corrected chi connectivity index (χ3v) is 4.41. The van der Waals surface area contributed by atoms with Crippen LogP contribution in [0.15, 0.2) is 65.3 Å². The van der Waals surface area contributed by atoms with Gasteiger partial charge in [0.15, 0.2) is 0 Å². The molecule has 0 saturated carbocycles. The summed E-state index contributed by atoms with van der Waals surface area (Å²) in [6.07, 6.45) is 1.56. The maximum absolute atomic E-state index is 12.6. The van der Waals surface area contributed by atoms with Crippen molar-refractivity contribution in [3.05, 3.63) is 87.9 Å². The maximum atomic E-state index is 12.6. The SMILES string of the molecule is Cc1cc([N+](=O)[O-])ccc1NC(=O)CN(Cc1ccco1)Cc1ccccc1O. The summed E-state index contributed by atoms with van der Waals surface area (Å²) in [5.74, 6) is 0.576.